The van der Waals surface area contributed by atoms with Crippen molar-refractivity contribution in [2.75, 3.05) is 19.6 Å². The van der Waals surface area contributed by atoms with Gasteiger partial charge in [-0.15, -0.1) is 0 Å². The number of likely N-dealkylation sites (tertiary alicyclic amines) is 1. The molecule has 1 aromatic heterocycles. The lowest BCUT2D eigenvalue weighted by Crippen LogP contribution is -2.54. The lowest BCUT2D eigenvalue weighted by atomic mass is 10.0. The summed E-state index contributed by atoms with van der Waals surface area (Å²) in [6.45, 7) is 2.96. The predicted octanol–water partition coefficient (Wildman–Crippen LogP) is 2.72. The Morgan fingerprint density at radius 3 is 2.71 bits per heavy atom. The monoisotopic (exact) mass is 382 g/mol. The number of nitrogens with one attached hydrogen (secondary N) is 2. The van der Waals surface area contributed by atoms with Gasteiger partial charge in [-0.05, 0) is 42.5 Å². The van der Waals surface area contributed by atoms with Gasteiger partial charge < -0.3 is 24.9 Å². The number of hydrogen-bond acceptors (Lipinski definition) is 3. The van der Waals surface area contributed by atoms with Crippen LogP contribution in [0.1, 0.15) is 29.7 Å². The number of hydrogen-bond donors (Lipinski definition) is 2. The Balaban J connectivity index is 1.27. The summed E-state index contributed by atoms with van der Waals surface area (Å²) in [4.78, 5) is 28.8. The van der Waals surface area contributed by atoms with Crippen molar-refractivity contribution < 1.29 is 14.0 Å². The van der Waals surface area contributed by atoms with Gasteiger partial charge >= 0.3 is 12.1 Å². The van der Waals surface area contributed by atoms with Crippen LogP contribution in [0.2, 0.25) is 0 Å². The maximum Gasteiger partial charge on any atom is 0.317 e. The number of amides is 4. The Morgan fingerprint density at radius 2 is 1.89 bits per heavy atom. The van der Waals surface area contributed by atoms with E-state index in [4.69, 9.17) is 4.42 Å². The van der Waals surface area contributed by atoms with Crippen molar-refractivity contribution in [3.63, 3.8) is 0 Å². The molecule has 0 bridgehead atoms. The first kappa shape index (κ1) is 18.4. The SMILES string of the molecule is O=C(NCc1ccco1)N1CCCC(NC(=O)N2CCc3ccccc3C2)C1. The highest BCUT2D eigenvalue weighted by atomic mass is 16.3. The normalized spacial score (nSPS) is 19.1. The standard InChI is InChI=1S/C21H26N4O3/c26-20(22-13-19-8-4-12-28-19)24-10-3-7-18(15-24)23-21(27)25-11-9-16-5-1-2-6-17(16)14-25/h1-2,4-6,8,12,18H,3,7,9-11,13-15H2,(H,22,26)(H,23,27). The van der Waals surface area contributed by atoms with Crippen LogP contribution in [0.5, 0.6) is 0 Å². The molecule has 2 aromatic rings. The number of carbonyl (C=O) groups excluding carboxylic acids is 2. The van der Waals surface area contributed by atoms with Gasteiger partial charge in [-0.3, -0.25) is 0 Å². The first-order chi connectivity index (χ1) is 13.7. The lowest BCUT2D eigenvalue weighted by Gasteiger charge is -2.35. The minimum absolute atomic E-state index is 0.0206. The van der Waals surface area contributed by atoms with Crippen LogP contribution in [0, 0.1) is 0 Å². The molecular formula is C21H26N4O3. The fourth-order valence-corrected chi connectivity index (χ4v) is 3.90. The van der Waals surface area contributed by atoms with Crippen molar-refractivity contribution in [3.05, 3.63) is 59.5 Å². The van der Waals surface area contributed by atoms with Gasteiger partial charge in [-0.25, -0.2) is 9.59 Å². The third-order valence-electron chi connectivity index (χ3n) is 5.45. The molecule has 4 amide bonds. The van der Waals surface area contributed by atoms with E-state index in [-0.39, 0.29) is 18.1 Å². The number of benzene rings is 1. The number of carbonyl (C=O) groups is 2. The number of furan rings is 1. The molecule has 7 nitrogen and oxygen atoms in total. The van der Waals surface area contributed by atoms with E-state index in [9.17, 15) is 9.59 Å². The minimum atomic E-state index is -0.123. The van der Waals surface area contributed by atoms with E-state index in [1.807, 2.05) is 23.1 Å². The molecule has 28 heavy (non-hydrogen) atoms. The largest absolute Gasteiger partial charge is 0.467 e. The number of fused-ring (bicyclic) bond motifs is 1. The highest BCUT2D eigenvalue weighted by molar-refractivity contribution is 5.76. The van der Waals surface area contributed by atoms with Crippen LogP contribution in [0.3, 0.4) is 0 Å². The average molecular weight is 382 g/mol. The highest BCUT2D eigenvalue weighted by Gasteiger charge is 2.27. The van der Waals surface area contributed by atoms with Gasteiger partial charge in [-0.2, -0.15) is 0 Å². The molecule has 7 heteroatoms. The molecule has 0 aliphatic carbocycles. The summed E-state index contributed by atoms with van der Waals surface area (Å²) in [6.07, 6.45) is 4.24. The van der Waals surface area contributed by atoms with Gasteiger partial charge in [0.25, 0.3) is 0 Å². The molecule has 148 valence electrons. The average Bonchev–Trinajstić information content (AvgIpc) is 3.25. The summed E-state index contributed by atoms with van der Waals surface area (Å²) in [5.74, 6) is 0.723. The maximum absolute atomic E-state index is 12.7. The van der Waals surface area contributed by atoms with E-state index in [1.54, 1.807) is 17.2 Å². The number of urea groups is 2. The molecule has 1 aromatic carbocycles. The summed E-state index contributed by atoms with van der Waals surface area (Å²) >= 11 is 0. The van der Waals surface area contributed by atoms with E-state index in [0.29, 0.717) is 26.2 Å². The molecule has 0 saturated carbocycles. The fourth-order valence-electron chi connectivity index (χ4n) is 3.90. The first-order valence-corrected chi connectivity index (χ1v) is 9.86. The summed E-state index contributed by atoms with van der Waals surface area (Å²) < 4.78 is 5.24. The zero-order valence-electron chi connectivity index (χ0n) is 15.9. The lowest BCUT2D eigenvalue weighted by molar-refractivity contribution is 0.160. The zero-order chi connectivity index (χ0) is 19.3. The second kappa shape index (κ2) is 8.37. The van der Waals surface area contributed by atoms with Gasteiger partial charge in [0, 0.05) is 32.2 Å². The first-order valence-electron chi connectivity index (χ1n) is 9.86. The highest BCUT2D eigenvalue weighted by Crippen LogP contribution is 2.19. The molecular weight excluding hydrogens is 356 g/mol. The number of rotatable bonds is 3. The molecule has 2 aliphatic heterocycles. The van der Waals surface area contributed by atoms with Crippen molar-refractivity contribution in [1.82, 2.24) is 20.4 Å². The van der Waals surface area contributed by atoms with Crippen LogP contribution in [0.4, 0.5) is 9.59 Å². The second-order valence-corrected chi connectivity index (χ2v) is 7.41. The van der Waals surface area contributed by atoms with Crippen LogP contribution < -0.4 is 10.6 Å². The second-order valence-electron chi connectivity index (χ2n) is 7.41. The molecule has 2 aliphatic rings. The third-order valence-corrected chi connectivity index (χ3v) is 5.45. The summed E-state index contributed by atoms with van der Waals surface area (Å²) in [5.41, 5.74) is 2.54. The number of nitrogens with zero attached hydrogens (tertiary/aromatic N) is 2. The van der Waals surface area contributed by atoms with E-state index < -0.39 is 0 Å². The topological polar surface area (TPSA) is 77.8 Å². The summed E-state index contributed by atoms with van der Waals surface area (Å²) in [5, 5.41) is 5.99. The van der Waals surface area contributed by atoms with Crippen molar-refractivity contribution in [1.29, 1.82) is 0 Å². The Hall–Kier alpha value is -2.96. The van der Waals surface area contributed by atoms with Gasteiger partial charge in [0.1, 0.15) is 5.76 Å². The number of piperidine rings is 1. The Kier molecular flexibility index (Phi) is 5.50. The molecule has 1 fully saturated rings. The van der Waals surface area contributed by atoms with Crippen LogP contribution >= 0.6 is 0 Å². The third kappa shape index (κ3) is 4.30. The minimum Gasteiger partial charge on any atom is -0.467 e. The van der Waals surface area contributed by atoms with Crippen molar-refractivity contribution >= 4 is 12.1 Å². The summed E-state index contributed by atoms with van der Waals surface area (Å²) in [7, 11) is 0. The Morgan fingerprint density at radius 1 is 1.04 bits per heavy atom. The van der Waals surface area contributed by atoms with E-state index >= 15 is 0 Å². The molecule has 1 atom stereocenters. The van der Waals surface area contributed by atoms with E-state index in [0.717, 1.165) is 31.6 Å². The molecule has 1 unspecified atom stereocenters. The Bertz CT molecular complexity index is 821. The Labute approximate surface area is 164 Å². The summed E-state index contributed by atoms with van der Waals surface area (Å²) in [6, 6.07) is 11.7. The van der Waals surface area contributed by atoms with Gasteiger partial charge in [0.05, 0.1) is 12.8 Å². The fraction of sp³-hybridized carbons (Fsp3) is 0.429. The molecule has 3 heterocycles. The van der Waals surface area contributed by atoms with Crippen molar-refractivity contribution in [2.45, 2.75) is 38.4 Å². The smallest absolute Gasteiger partial charge is 0.317 e. The molecule has 1 saturated heterocycles. The van der Waals surface area contributed by atoms with E-state index in [2.05, 4.69) is 22.8 Å². The van der Waals surface area contributed by atoms with E-state index in [1.165, 1.54) is 11.1 Å². The molecule has 4 rings (SSSR count). The van der Waals surface area contributed by atoms with Gasteiger partial charge in [0.2, 0.25) is 0 Å². The van der Waals surface area contributed by atoms with Crippen molar-refractivity contribution in [3.8, 4) is 0 Å². The van der Waals surface area contributed by atoms with Crippen LogP contribution in [-0.4, -0.2) is 47.5 Å². The van der Waals surface area contributed by atoms with Gasteiger partial charge in [-0.1, -0.05) is 24.3 Å². The molecule has 0 spiro atoms. The van der Waals surface area contributed by atoms with Crippen molar-refractivity contribution in [2.24, 2.45) is 0 Å². The van der Waals surface area contributed by atoms with Gasteiger partial charge in [0.15, 0.2) is 0 Å². The van der Waals surface area contributed by atoms with Crippen LogP contribution in [0.15, 0.2) is 47.1 Å². The predicted molar refractivity (Wildman–Crippen MR) is 105 cm³/mol. The quantitative estimate of drug-likeness (QED) is 0.857. The maximum atomic E-state index is 12.7. The molecule has 2 N–H and O–H groups in total. The molecule has 0 radical (unpaired) electrons. The van der Waals surface area contributed by atoms with Crippen LogP contribution in [0.25, 0.3) is 0 Å². The zero-order valence-corrected chi connectivity index (χ0v) is 15.9. The van der Waals surface area contributed by atoms with Crippen LogP contribution in [-0.2, 0) is 19.5 Å².